The maximum atomic E-state index is 4.02. The van der Waals surface area contributed by atoms with Crippen LogP contribution < -0.4 is 0 Å². The maximum Gasteiger partial charge on any atom is 0.129 e. The lowest BCUT2D eigenvalue weighted by Crippen LogP contribution is -2.16. The van der Waals surface area contributed by atoms with E-state index in [9.17, 15) is 0 Å². The molecule has 76 valence electrons. The Bertz CT molecular complexity index is 538. The SMILES string of the molecule is C[Si](C)(C)C#Cc1cccc2[nH]ncc12. The van der Waals surface area contributed by atoms with Gasteiger partial charge in [0.25, 0.3) is 0 Å². The van der Waals surface area contributed by atoms with Crippen LogP contribution in [0.4, 0.5) is 0 Å². The number of aromatic nitrogens is 2. The van der Waals surface area contributed by atoms with E-state index in [2.05, 4.69) is 41.3 Å². The van der Waals surface area contributed by atoms with E-state index in [1.807, 2.05) is 24.4 Å². The van der Waals surface area contributed by atoms with Gasteiger partial charge >= 0.3 is 0 Å². The standard InChI is InChI=1S/C12H14N2Si/c1-15(2,3)8-7-10-5-4-6-12-11(10)9-13-14-12/h4-6,9H,1-3H3,(H,13,14). The number of nitrogens with zero attached hydrogens (tertiary/aromatic N) is 1. The summed E-state index contributed by atoms with van der Waals surface area (Å²) in [7, 11) is -1.30. The molecule has 2 nitrogen and oxygen atoms in total. The first kappa shape index (κ1) is 10.0. The van der Waals surface area contributed by atoms with Crippen LogP contribution in [-0.4, -0.2) is 18.3 Å². The number of fused-ring (bicyclic) bond motifs is 1. The molecule has 0 aliphatic carbocycles. The van der Waals surface area contributed by atoms with E-state index in [1.165, 1.54) is 0 Å². The van der Waals surface area contributed by atoms with Crippen molar-refractivity contribution in [3.8, 4) is 11.5 Å². The van der Waals surface area contributed by atoms with Crippen LogP contribution in [0.3, 0.4) is 0 Å². The summed E-state index contributed by atoms with van der Waals surface area (Å²) < 4.78 is 0. The minimum absolute atomic E-state index is 1.05. The normalized spacial score (nSPS) is 11.1. The van der Waals surface area contributed by atoms with Crippen LogP contribution in [0.5, 0.6) is 0 Å². The van der Waals surface area contributed by atoms with Crippen LogP contribution in [0.15, 0.2) is 24.4 Å². The fourth-order valence-corrected chi connectivity index (χ4v) is 1.84. The number of nitrogens with one attached hydrogen (secondary N) is 1. The Morgan fingerprint density at radius 1 is 1.27 bits per heavy atom. The highest BCUT2D eigenvalue weighted by Gasteiger charge is 2.08. The molecule has 1 aromatic carbocycles. The van der Waals surface area contributed by atoms with Gasteiger partial charge in [-0.1, -0.05) is 31.6 Å². The number of benzene rings is 1. The van der Waals surface area contributed by atoms with Gasteiger partial charge < -0.3 is 0 Å². The van der Waals surface area contributed by atoms with Gasteiger partial charge in [0.15, 0.2) is 0 Å². The van der Waals surface area contributed by atoms with Crippen molar-refractivity contribution in [2.45, 2.75) is 19.6 Å². The highest BCUT2D eigenvalue weighted by molar-refractivity contribution is 6.83. The Hall–Kier alpha value is -1.53. The third-order valence-electron chi connectivity index (χ3n) is 2.06. The molecule has 1 aromatic heterocycles. The summed E-state index contributed by atoms with van der Waals surface area (Å²) in [5.74, 6) is 3.27. The fraction of sp³-hybridized carbons (Fsp3) is 0.250. The van der Waals surface area contributed by atoms with Gasteiger partial charge in [-0.25, -0.2) is 0 Å². The minimum Gasteiger partial charge on any atom is -0.278 e. The monoisotopic (exact) mass is 214 g/mol. The Kier molecular flexibility index (Phi) is 2.37. The molecule has 15 heavy (non-hydrogen) atoms. The van der Waals surface area contributed by atoms with E-state index in [1.54, 1.807) is 0 Å². The number of hydrogen-bond donors (Lipinski definition) is 1. The highest BCUT2D eigenvalue weighted by atomic mass is 28.3. The Labute approximate surface area is 90.7 Å². The van der Waals surface area contributed by atoms with Gasteiger partial charge in [-0.05, 0) is 12.1 Å². The summed E-state index contributed by atoms with van der Waals surface area (Å²) in [5.41, 5.74) is 5.49. The molecule has 3 heteroatoms. The van der Waals surface area contributed by atoms with Gasteiger partial charge in [0, 0.05) is 10.9 Å². The van der Waals surface area contributed by atoms with Gasteiger partial charge in [0.05, 0.1) is 11.7 Å². The van der Waals surface area contributed by atoms with Crippen molar-refractivity contribution in [3.63, 3.8) is 0 Å². The van der Waals surface area contributed by atoms with Gasteiger partial charge in [-0.3, -0.25) is 5.10 Å². The third kappa shape index (κ3) is 2.28. The molecule has 0 saturated heterocycles. The van der Waals surface area contributed by atoms with E-state index in [-0.39, 0.29) is 0 Å². The molecule has 0 aliphatic rings. The highest BCUT2D eigenvalue weighted by Crippen LogP contribution is 2.14. The summed E-state index contributed by atoms with van der Waals surface area (Å²) >= 11 is 0. The Morgan fingerprint density at radius 3 is 2.80 bits per heavy atom. The zero-order valence-electron chi connectivity index (χ0n) is 9.26. The Balaban J connectivity index is 2.51. The van der Waals surface area contributed by atoms with Crippen LogP contribution in [0.2, 0.25) is 19.6 Å². The Morgan fingerprint density at radius 2 is 2.07 bits per heavy atom. The third-order valence-corrected chi connectivity index (χ3v) is 2.93. The van der Waals surface area contributed by atoms with E-state index in [0.717, 1.165) is 16.5 Å². The zero-order valence-corrected chi connectivity index (χ0v) is 10.3. The van der Waals surface area contributed by atoms with Gasteiger partial charge in [-0.15, -0.1) is 5.54 Å². The van der Waals surface area contributed by atoms with Crippen molar-refractivity contribution < 1.29 is 0 Å². The first-order valence-corrected chi connectivity index (χ1v) is 8.51. The number of rotatable bonds is 0. The van der Waals surface area contributed by atoms with Crippen LogP contribution in [0.25, 0.3) is 10.9 Å². The van der Waals surface area contributed by atoms with Crippen LogP contribution in [0.1, 0.15) is 5.56 Å². The molecular weight excluding hydrogens is 200 g/mol. The molecule has 0 unspecified atom stereocenters. The lowest BCUT2D eigenvalue weighted by Gasteiger charge is -2.03. The smallest absolute Gasteiger partial charge is 0.129 e. The summed E-state index contributed by atoms with van der Waals surface area (Å²) in [4.78, 5) is 0. The molecular formula is C12H14N2Si. The molecule has 0 amide bonds. The number of aromatic amines is 1. The first-order chi connectivity index (χ1) is 7.06. The van der Waals surface area contributed by atoms with Crippen molar-refractivity contribution in [2.24, 2.45) is 0 Å². The van der Waals surface area contributed by atoms with Crippen molar-refractivity contribution in [3.05, 3.63) is 30.0 Å². The van der Waals surface area contributed by atoms with Crippen molar-refractivity contribution >= 4 is 19.0 Å². The summed E-state index contributed by atoms with van der Waals surface area (Å²) in [6.07, 6.45) is 1.84. The summed E-state index contributed by atoms with van der Waals surface area (Å²) in [6, 6.07) is 6.07. The fourth-order valence-electron chi connectivity index (χ4n) is 1.33. The zero-order chi connectivity index (χ0) is 10.9. The topological polar surface area (TPSA) is 28.7 Å². The quantitative estimate of drug-likeness (QED) is 0.530. The van der Waals surface area contributed by atoms with Gasteiger partial charge in [0.2, 0.25) is 0 Å². The van der Waals surface area contributed by atoms with Crippen LogP contribution >= 0.6 is 0 Å². The number of H-pyrrole nitrogens is 1. The summed E-state index contributed by atoms with van der Waals surface area (Å²) in [6.45, 7) is 6.74. The molecule has 0 radical (unpaired) electrons. The lowest BCUT2D eigenvalue weighted by atomic mass is 10.1. The molecule has 0 fully saturated rings. The molecule has 0 spiro atoms. The molecule has 0 saturated carbocycles. The predicted octanol–water partition coefficient (Wildman–Crippen LogP) is 2.79. The van der Waals surface area contributed by atoms with Gasteiger partial charge in [0.1, 0.15) is 8.07 Å². The lowest BCUT2D eigenvalue weighted by molar-refractivity contribution is 1.12. The summed E-state index contributed by atoms with van der Waals surface area (Å²) in [5, 5.41) is 8.09. The van der Waals surface area contributed by atoms with E-state index in [4.69, 9.17) is 0 Å². The van der Waals surface area contributed by atoms with Crippen molar-refractivity contribution in [2.75, 3.05) is 0 Å². The average molecular weight is 214 g/mol. The molecule has 0 atom stereocenters. The molecule has 1 heterocycles. The van der Waals surface area contributed by atoms with Gasteiger partial charge in [-0.2, -0.15) is 5.10 Å². The second-order valence-corrected chi connectivity index (χ2v) is 9.39. The maximum absolute atomic E-state index is 4.02. The van der Waals surface area contributed by atoms with Crippen molar-refractivity contribution in [1.29, 1.82) is 0 Å². The second kappa shape index (κ2) is 3.56. The molecule has 2 rings (SSSR count). The second-order valence-electron chi connectivity index (χ2n) is 4.64. The minimum atomic E-state index is -1.30. The van der Waals surface area contributed by atoms with Crippen molar-refractivity contribution in [1.82, 2.24) is 10.2 Å². The largest absolute Gasteiger partial charge is 0.278 e. The molecule has 0 aliphatic heterocycles. The van der Waals surface area contributed by atoms with Crippen LogP contribution in [-0.2, 0) is 0 Å². The molecule has 1 N–H and O–H groups in total. The molecule has 2 aromatic rings. The van der Waals surface area contributed by atoms with E-state index < -0.39 is 8.07 Å². The first-order valence-electron chi connectivity index (χ1n) is 5.01. The number of hydrogen-bond acceptors (Lipinski definition) is 1. The van der Waals surface area contributed by atoms with E-state index in [0.29, 0.717) is 0 Å². The average Bonchev–Trinajstić information content (AvgIpc) is 2.61. The van der Waals surface area contributed by atoms with E-state index >= 15 is 0 Å². The molecule has 0 bridgehead atoms. The van der Waals surface area contributed by atoms with Crippen LogP contribution in [0, 0.1) is 11.5 Å². The predicted molar refractivity (Wildman–Crippen MR) is 66.3 cm³/mol.